The molecule has 3 nitrogen and oxygen atoms in total. The summed E-state index contributed by atoms with van der Waals surface area (Å²) in [6.45, 7) is 4.89. The maximum atomic E-state index is 10.4. The van der Waals surface area contributed by atoms with Crippen LogP contribution in [0.1, 0.15) is 31.9 Å². The van der Waals surface area contributed by atoms with Gasteiger partial charge in [-0.25, -0.2) is 0 Å². The van der Waals surface area contributed by atoms with Gasteiger partial charge in [0, 0.05) is 11.6 Å². The SMILES string of the molecule is CCC(C)N(C)C1COc2ccccc2C1O. The molecule has 0 amide bonds. The molecule has 1 aliphatic heterocycles. The molecule has 94 valence electrons. The molecule has 3 unspecified atom stereocenters. The van der Waals surface area contributed by atoms with Gasteiger partial charge in [-0.05, 0) is 26.5 Å². The zero-order chi connectivity index (χ0) is 12.4. The number of ether oxygens (including phenoxy) is 1. The Balaban J connectivity index is 2.19. The van der Waals surface area contributed by atoms with E-state index in [1.54, 1.807) is 0 Å². The standard InChI is InChI=1S/C14H21NO2/c1-4-10(2)15(3)12-9-17-13-8-6-5-7-11(13)14(12)16/h5-8,10,12,14,16H,4,9H2,1-3H3. The van der Waals surface area contributed by atoms with Crippen LogP contribution >= 0.6 is 0 Å². The van der Waals surface area contributed by atoms with Crippen molar-refractivity contribution < 1.29 is 9.84 Å². The van der Waals surface area contributed by atoms with Gasteiger partial charge in [-0.15, -0.1) is 0 Å². The van der Waals surface area contributed by atoms with Crippen molar-refractivity contribution in [1.29, 1.82) is 0 Å². The fraction of sp³-hybridized carbons (Fsp3) is 0.571. The van der Waals surface area contributed by atoms with Gasteiger partial charge in [-0.1, -0.05) is 25.1 Å². The molecule has 0 radical (unpaired) electrons. The zero-order valence-electron chi connectivity index (χ0n) is 10.8. The van der Waals surface area contributed by atoms with Crippen LogP contribution < -0.4 is 4.74 Å². The van der Waals surface area contributed by atoms with Gasteiger partial charge in [-0.3, -0.25) is 4.90 Å². The van der Waals surface area contributed by atoms with E-state index in [1.165, 1.54) is 0 Å². The number of para-hydroxylation sites is 1. The van der Waals surface area contributed by atoms with E-state index in [9.17, 15) is 5.11 Å². The van der Waals surface area contributed by atoms with Gasteiger partial charge in [-0.2, -0.15) is 0 Å². The summed E-state index contributed by atoms with van der Waals surface area (Å²) in [5.41, 5.74) is 0.902. The smallest absolute Gasteiger partial charge is 0.125 e. The third-order valence-electron chi connectivity index (χ3n) is 3.82. The molecular weight excluding hydrogens is 214 g/mol. The van der Waals surface area contributed by atoms with Crippen molar-refractivity contribution in [2.24, 2.45) is 0 Å². The second-order valence-electron chi connectivity index (χ2n) is 4.78. The van der Waals surface area contributed by atoms with Crippen LogP contribution in [0.15, 0.2) is 24.3 Å². The van der Waals surface area contributed by atoms with Crippen molar-refractivity contribution in [3.63, 3.8) is 0 Å². The van der Waals surface area contributed by atoms with Gasteiger partial charge in [0.25, 0.3) is 0 Å². The molecule has 1 aromatic rings. The van der Waals surface area contributed by atoms with Gasteiger partial charge < -0.3 is 9.84 Å². The van der Waals surface area contributed by atoms with Crippen LogP contribution in [0.5, 0.6) is 5.75 Å². The van der Waals surface area contributed by atoms with E-state index in [2.05, 4.69) is 25.8 Å². The number of rotatable bonds is 3. The van der Waals surface area contributed by atoms with Crippen molar-refractivity contribution in [1.82, 2.24) is 4.90 Å². The molecule has 0 saturated heterocycles. The minimum Gasteiger partial charge on any atom is -0.491 e. The Morgan fingerprint density at radius 3 is 2.88 bits per heavy atom. The number of fused-ring (bicyclic) bond motifs is 1. The molecule has 0 spiro atoms. The highest BCUT2D eigenvalue weighted by molar-refractivity contribution is 5.37. The molecule has 0 fully saturated rings. The molecule has 0 bridgehead atoms. The Bertz CT molecular complexity index is 380. The van der Waals surface area contributed by atoms with Gasteiger partial charge >= 0.3 is 0 Å². The molecule has 1 heterocycles. The lowest BCUT2D eigenvalue weighted by Gasteiger charge is -2.39. The number of nitrogens with zero attached hydrogens (tertiary/aromatic N) is 1. The fourth-order valence-corrected chi connectivity index (χ4v) is 2.29. The number of likely N-dealkylation sites (N-methyl/N-ethyl adjacent to an activating group) is 1. The van der Waals surface area contributed by atoms with Crippen LogP contribution in [0.2, 0.25) is 0 Å². The number of hydrogen-bond acceptors (Lipinski definition) is 3. The lowest BCUT2D eigenvalue weighted by atomic mass is 9.97. The predicted molar refractivity (Wildman–Crippen MR) is 68.2 cm³/mol. The molecule has 0 aromatic heterocycles. The lowest BCUT2D eigenvalue weighted by Crippen LogP contribution is -2.47. The van der Waals surface area contributed by atoms with Crippen molar-refractivity contribution in [2.45, 2.75) is 38.5 Å². The number of aliphatic hydroxyl groups is 1. The van der Waals surface area contributed by atoms with E-state index in [1.807, 2.05) is 24.3 Å². The van der Waals surface area contributed by atoms with Crippen LogP contribution in [-0.4, -0.2) is 35.7 Å². The topological polar surface area (TPSA) is 32.7 Å². The summed E-state index contributed by atoms with van der Waals surface area (Å²) in [7, 11) is 2.05. The zero-order valence-corrected chi connectivity index (χ0v) is 10.8. The van der Waals surface area contributed by atoms with Crippen LogP contribution in [-0.2, 0) is 0 Å². The van der Waals surface area contributed by atoms with Crippen molar-refractivity contribution >= 4 is 0 Å². The largest absolute Gasteiger partial charge is 0.491 e. The number of benzene rings is 1. The maximum absolute atomic E-state index is 10.4. The lowest BCUT2D eigenvalue weighted by molar-refractivity contribution is -0.000726. The van der Waals surface area contributed by atoms with E-state index in [4.69, 9.17) is 4.74 Å². The van der Waals surface area contributed by atoms with Crippen molar-refractivity contribution in [3.8, 4) is 5.75 Å². The van der Waals surface area contributed by atoms with E-state index >= 15 is 0 Å². The molecule has 3 heteroatoms. The second-order valence-corrected chi connectivity index (χ2v) is 4.78. The molecule has 0 aliphatic carbocycles. The average Bonchev–Trinajstić information content (AvgIpc) is 2.38. The monoisotopic (exact) mass is 235 g/mol. The number of aliphatic hydroxyl groups excluding tert-OH is 1. The molecule has 3 atom stereocenters. The average molecular weight is 235 g/mol. The van der Waals surface area contributed by atoms with E-state index < -0.39 is 6.10 Å². The molecule has 2 rings (SSSR count). The molecular formula is C14H21NO2. The molecule has 1 N–H and O–H groups in total. The third-order valence-corrected chi connectivity index (χ3v) is 3.82. The van der Waals surface area contributed by atoms with Crippen LogP contribution in [0.3, 0.4) is 0 Å². The predicted octanol–water partition coefficient (Wildman–Crippen LogP) is 2.21. The van der Waals surface area contributed by atoms with Gasteiger partial charge in [0.2, 0.25) is 0 Å². The van der Waals surface area contributed by atoms with Crippen LogP contribution in [0, 0.1) is 0 Å². The summed E-state index contributed by atoms with van der Waals surface area (Å²) in [4.78, 5) is 2.21. The van der Waals surface area contributed by atoms with Crippen molar-refractivity contribution in [3.05, 3.63) is 29.8 Å². The number of hydrogen-bond donors (Lipinski definition) is 1. The molecule has 0 saturated carbocycles. The summed E-state index contributed by atoms with van der Waals surface area (Å²) in [6.07, 6.45) is 0.611. The summed E-state index contributed by atoms with van der Waals surface area (Å²) >= 11 is 0. The summed E-state index contributed by atoms with van der Waals surface area (Å²) in [5, 5.41) is 10.4. The summed E-state index contributed by atoms with van der Waals surface area (Å²) < 4.78 is 5.72. The Labute approximate surface area is 103 Å². The van der Waals surface area contributed by atoms with Crippen molar-refractivity contribution in [2.75, 3.05) is 13.7 Å². The Hall–Kier alpha value is -1.06. The van der Waals surface area contributed by atoms with E-state index in [-0.39, 0.29) is 6.04 Å². The summed E-state index contributed by atoms with van der Waals surface area (Å²) in [5.74, 6) is 0.814. The second kappa shape index (κ2) is 5.07. The van der Waals surface area contributed by atoms with E-state index in [0.29, 0.717) is 12.6 Å². The maximum Gasteiger partial charge on any atom is 0.125 e. The Morgan fingerprint density at radius 2 is 2.18 bits per heavy atom. The van der Waals surface area contributed by atoms with Gasteiger partial charge in [0.15, 0.2) is 0 Å². The van der Waals surface area contributed by atoms with Crippen LogP contribution in [0.25, 0.3) is 0 Å². The fourth-order valence-electron chi connectivity index (χ4n) is 2.29. The normalized spacial score (nSPS) is 25.2. The first-order chi connectivity index (χ1) is 8.15. The first-order valence-electron chi connectivity index (χ1n) is 6.26. The van der Waals surface area contributed by atoms with Gasteiger partial charge in [0.1, 0.15) is 18.5 Å². The molecule has 1 aliphatic rings. The first-order valence-corrected chi connectivity index (χ1v) is 6.26. The highest BCUT2D eigenvalue weighted by atomic mass is 16.5. The minimum atomic E-state index is -0.459. The summed E-state index contributed by atoms with van der Waals surface area (Å²) in [6, 6.07) is 8.22. The van der Waals surface area contributed by atoms with E-state index in [0.717, 1.165) is 17.7 Å². The quantitative estimate of drug-likeness (QED) is 0.872. The Morgan fingerprint density at radius 1 is 1.47 bits per heavy atom. The highest BCUT2D eigenvalue weighted by Crippen LogP contribution is 2.34. The first kappa shape index (κ1) is 12.4. The highest BCUT2D eigenvalue weighted by Gasteiger charge is 2.33. The van der Waals surface area contributed by atoms with Crippen LogP contribution in [0.4, 0.5) is 0 Å². The Kier molecular flexibility index (Phi) is 3.69. The molecule has 17 heavy (non-hydrogen) atoms. The van der Waals surface area contributed by atoms with Gasteiger partial charge in [0.05, 0.1) is 6.04 Å². The third kappa shape index (κ3) is 2.31. The minimum absolute atomic E-state index is 0.0415. The molecule has 1 aromatic carbocycles.